The lowest BCUT2D eigenvalue weighted by atomic mass is 9.88. The zero-order chi connectivity index (χ0) is 21.6. The molecule has 0 aromatic carbocycles. The lowest BCUT2D eigenvalue weighted by Crippen LogP contribution is -2.16. The number of nitrogens with one attached hydrogen (secondary N) is 1. The summed E-state index contributed by atoms with van der Waals surface area (Å²) in [6, 6.07) is 1.96. The minimum atomic E-state index is -0.377. The number of aryl methyl sites for hydroxylation is 2. The fourth-order valence-electron chi connectivity index (χ4n) is 4.06. The van der Waals surface area contributed by atoms with Gasteiger partial charge >= 0.3 is 5.97 Å². The van der Waals surface area contributed by atoms with E-state index < -0.39 is 0 Å². The van der Waals surface area contributed by atoms with Crippen LogP contribution in [-0.4, -0.2) is 23.5 Å². The minimum absolute atomic E-state index is 0.292. The van der Waals surface area contributed by atoms with Crippen molar-refractivity contribution in [3.8, 4) is 0 Å². The van der Waals surface area contributed by atoms with Crippen molar-refractivity contribution in [1.29, 1.82) is 0 Å². The van der Waals surface area contributed by atoms with E-state index in [4.69, 9.17) is 10.5 Å². The molecular weight excluding hydrogens is 418 g/mol. The van der Waals surface area contributed by atoms with Crippen LogP contribution in [-0.2, 0) is 17.6 Å². The minimum Gasteiger partial charge on any atom is -0.462 e. The molecule has 0 fully saturated rings. The zero-order valence-corrected chi connectivity index (χ0v) is 19.2. The molecule has 1 aliphatic carbocycles. The molecule has 0 saturated heterocycles. The standard InChI is InChI=1S/C22H25N3O3S2/c1-5-28-22(27)16-13-7-6-10(2)8-14(13)29-21(16)25-19(26)18-17(23)15-11(3)9-12(4)24-20(15)30-18/h9-10H,5-8,23H2,1-4H3,(H,25,26). The Labute approximate surface area is 183 Å². The normalized spacial score (nSPS) is 15.8. The molecule has 4 rings (SSSR count). The van der Waals surface area contributed by atoms with E-state index in [1.807, 2.05) is 19.9 Å². The van der Waals surface area contributed by atoms with Gasteiger partial charge in [-0.05, 0) is 63.1 Å². The highest BCUT2D eigenvalue weighted by Gasteiger charge is 2.30. The van der Waals surface area contributed by atoms with Crippen LogP contribution in [0.4, 0.5) is 10.7 Å². The smallest absolute Gasteiger partial charge is 0.341 e. The topological polar surface area (TPSA) is 94.3 Å². The summed E-state index contributed by atoms with van der Waals surface area (Å²) >= 11 is 2.76. The molecule has 30 heavy (non-hydrogen) atoms. The molecule has 3 N–H and O–H groups in total. The molecule has 6 nitrogen and oxygen atoms in total. The lowest BCUT2D eigenvalue weighted by Gasteiger charge is -2.18. The first-order valence-corrected chi connectivity index (χ1v) is 11.7. The number of nitrogens with zero attached hydrogens (tertiary/aromatic N) is 1. The number of aromatic nitrogens is 1. The number of esters is 1. The Morgan fingerprint density at radius 1 is 1.33 bits per heavy atom. The van der Waals surface area contributed by atoms with Crippen LogP contribution in [0.5, 0.6) is 0 Å². The number of nitrogen functional groups attached to an aromatic ring is 1. The molecule has 0 radical (unpaired) electrons. The summed E-state index contributed by atoms with van der Waals surface area (Å²) in [7, 11) is 0. The third-order valence-electron chi connectivity index (χ3n) is 5.45. The van der Waals surface area contributed by atoms with Crippen LogP contribution in [0.15, 0.2) is 6.07 Å². The van der Waals surface area contributed by atoms with Gasteiger partial charge in [-0.2, -0.15) is 0 Å². The molecule has 1 unspecified atom stereocenters. The van der Waals surface area contributed by atoms with Crippen molar-refractivity contribution in [2.45, 2.75) is 47.0 Å². The Morgan fingerprint density at radius 3 is 2.83 bits per heavy atom. The van der Waals surface area contributed by atoms with Crippen molar-refractivity contribution in [2.75, 3.05) is 17.7 Å². The second-order valence-electron chi connectivity index (χ2n) is 7.84. The number of anilines is 2. The van der Waals surface area contributed by atoms with Crippen molar-refractivity contribution < 1.29 is 14.3 Å². The molecule has 0 spiro atoms. The number of amides is 1. The van der Waals surface area contributed by atoms with E-state index in [1.54, 1.807) is 6.92 Å². The molecule has 8 heteroatoms. The third kappa shape index (κ3) is 3.58. The van der Waals surface area contributed by atoms with E-state index in [-0.39, 0.29) is 11.9 Å². The third-order valence-corrected chi connectivity index (χ3v) is 7.72. The van der Waals surface area contributed by atoms with Crippen LogP contribution in [0.2, 0.25) is 0 Å². The number of thiophene rings is 2. The van der Waals surface area contributed by atoms with Gasteiger partial charge in [-0.15, -0.1) is 22.7 Å². The van der Waals surface area contributed by atoms with Gasteiger partial charge in [0.05, 0.1) is 17.9 Å². The summed E-state index contributed by atoms with van der Waals surface area (Å²) in [4.78, 5) is 32.7. The highest BCUT2D eigenvalue weighted by molar-refractivity contribution is 7.21. The molecule has 1 aliphatic rings. The Morgan fingerprint density at radius 2 is 2.10 bits per heavy atom. The average Bonchev–Trinajstić information content (AvgIpc) is 3.18. The number of nitrogens with two attached hydrogens (primary N) is 1. The Balaban J connectivity index is 1.73. The number of hydrogen-bond acceptors (Lipinski definition) is 7. The highest BCUT2D eigenvalue weighted by atomic mass is 32.1. The first kappa shape index (κ1) is 20.8. The highest BCUT2D eigenvalue weighted by Crippen LogP contribution is 2.41. The number of carbonyl (C=O) groups excluding carboxylic acids is 2. The van der Waals surface area contributed by atoms with Gasteiger partial charge < -0.3 is 15.8 Å². The fraction of sp³-hybridized carbons (Fsp3) is 0.409. The van der Waals surface area contributed by atoms with Gasteiger partial charge in [0.15, 0.2) is 0 Å². The molecular formula is C22H25N3O3S2. The molecule has 3 aromatic heterocycles. The predicted octanol–water partition coefficient (Wildman–Crippen LogP) is 5.11. The maximum absolute atomic E-state index is 13.2. The van der Waals surface area contributed by atoms with E-state index in [9.17, 15) is 9.59 Å². The number of pyridine rings is 1. The van der Waals surface area contributed by atoms with Crippen LogP contribution < -0.4 is 11.1 Å². The Kier molecular flexibility index (Phi) is 5.55. The van der Waals surface area contributed by atoms with E-state index in [0.29, 0.717) is 33.7 Å². The summed E-state index contributed by atoms with van der Waals surface area (Å²) in [6.07, 6.45) is 2.76. The summed E-state index contributed by atoms with van der Waals surface area (Å²) < 4.78 is 5.29. The first-order chi connectivity index (χ1) is 14.3. The van der Waals surface area contributed by atoms with Gasteiger partial charge in [-0.25, -0.2) is 9.78 Å². The maximum atomic E-state index is 13.2. The SMILES string of the molecule is CCOC(=O)c1c(NC(=O)c2sc3nc(C)cc(C)c3c2N)sc2c1CCC(C)C2. The molecule has 0 bridgehead atoms. The van der Waals surface area contributed by atoms with Gasteiger partial charge in [-0.3, -0.25) is 4.79 Å². The van der Waals surface area contributed by atoms with Crippen LogP contribution in [0.1, 0.15) is 62.0 Å². The van der Waals surface area contributed by atoms with E-state index in [0.717, 1.165) is 51.2 Å². The van der Waals surface area contributed by atoms with Crippen molar-refractivity contribution in [3.63, 3.8) is 0 Å². The van der Waals surface area contributed by atoms with Gasteiger partial charge in [0, 0.05) is 16.0 Å². The monoisotopic (exact) mass is 443 g/mol. The molecule has 3 heterocycles. The summed E-state index contributed by atoms with van der Waals surface area (Å²) in [5.41, 5.74) is 10.2. The largest absolute Gasteiger partial charge is 0.462 e. The Bertz CT molecular complexity index is 1160. The average molecular weight is 444 g/mol. The second-order valence-corrected chi connectivity index (χ2v) is 9.94. The van der Waals surface area contributed by atoms with Crippen LogP contribution >= 0.6 is 22.7 Å². The van der Waals surface area contributed by atoms with E-state index in [1.165, 1.54) is 22.7 Å². The van der Waals surface area contributed by atoms with Crippen molar-refractivity contribution in [1.82, 2.24) is 4.98 Å². The van der Waals surface area contributed by atoms with E-state index in [2.05, 4.69) is 17.2 Å². The van der Waals surface area contributed by atoms with Gasteiger partial charge in [-0.1, -0.05) is 6.92 Å². The number of fused-ring (bicyclic) bond motifs is 2. The summed E-state index contributed by atoms with van der Waals surface area (Å²) in [6.45, 7) is 8.17. The molecule has 158 valence electrons. The Hall–Kier alpha value is -2.45. The zero-order valence-electron chi connectivity index (χ0n) is 17.5. The van der Waals surface area contributed by atoms with Crippen molar-refractivity contribution in [2.24, 2.45) is 5.92 Å². The van der Waals surface area contributed by atoms with Crippen LogP contribution in [0.25, 0.3) is 10.2 Å². The maximum Gasteiger partial charge on any atom is 0.341 e. The number of hydrogen-bond donors (Lipinski definition) is 2. The summed E-state index contributed by atoms with van der Waals surface area (Å²) in [5.74, 6) is -0.132. The predicted molar refractivity (Wildman–Crippen MR) is 123 cm³/mol. The quantitative estimate of drug-likeness (QED) is 0.547. The van der Waals surface area contributed by atoms with Crippen LogP contribution in [0, 0.1) is 19.8 Å². The van der Waals surface area contributed by atoms with Crippen molar-refractivity contribution in [3.05, 3.63) is 38.2 Å². The fourth-order valence-corrected chi connectivity index (χ4v) is 6.56. The number of ether oxygens (including phenoxy) is 1. The molecule has 0 aliphatic heterocycles. The molecule has 1 amide bonds. The van der Waals surface area contributed by atoms with Gasteiger partial charge in [0.1, 0.15) is 14.7 Å². The van der Waals surface area contributed by atoms with Crippen LogP contribution in [0.3, 0.4) is 0 Å². The van der Waals surface area contributed by atoms with Gasteiger partial charge in [0.2, 0.25) is 0 Å². The summed E-state index contributed by atoms with van der Waals surface area (Å²) in [5, 5.41) is 4.33. The first-order valence-electron chi connectivity index (χ1n) is 10.1. The molecule has 0 saturated carbocycles. The van der Waals surface area contributed by atoms with E-state index >= 15 is 0 Å². The second kappa shape index (κ2) is 8.00. The lowest BCUT2D eigenvalue weighted by molar-refractivity contribution is 0.0526. The molecule has 1 atom stereocenters. The van der Waals surface area contributed by atoms with Gasteiger partial charge in [0.25, 0.3) is 5.91 Å². The number of rotatable bonds is 4. The number of carbonyl (C=O) groups is 2. The van der Waals surface area contributed by atoms with Crippen molar-refractivity contribution >= 4 is 55.5 Å². The molecule has 3 aromatic rings.